The van der Waals surface area contributed by atoms with Crippen LogP contribution in [0, 0.1) is 0 Å². The van der Waals surface area contributed by atoms with Crippen LogP contribution in [0.3, 0.4) is 0 Å². The maximum absolute atomic E-state index is 5.49. The van der Waals surface area contributed by atoms with Crippen molar-refractivity contribution in [3.8, 4) is 5.75 Å². The molecule has 2 aromatic rings. The first kappa shape index (κ1) is 11.8. The summed E-state index contributed by atoms with van der Waals surface area (Å²) in [7, 11) is 1.33. The van der Waals surface area contributed by atoms with Gasteiger partial charge in [0.2, 0.25) is 0 Å². The molecule has 1 aliphatic heterocycles. The van der Waals surface area contributed by atoms with Crippen LogP contribution in [0.4, 0.5) is 0 Å². The average Bonchev–Trinajstić information content (AvgIpc) is 2.98. The summed E-state index contributed by atoms with van der Waals surface area (Å²) < 4.78 is 10.6. The second-order valence-corrected chi connectivity index (χ2v) is 4.19. The highest BCUT2D eigenvalue weighted by molar-refractivity contribution is 6.68. The fourth-order valence-corrected chi connectivity index (χ4v) is 1.92. The standard InChI is InChI=1S/C14H13BN2O2/c1-18-13-9-7-12(8-10-13)15-16-14(17-19-15)11-5-3-2-4-6-11/h2-10H,1H3,(H,16,17). The fraction of sp³-hybridized carbons (Fsp3) is 0.0714. The van der Waals surface area contributed by atoms with Crippen molar-refractivity contribution in [1.29, 1.82) is 0 Å². The predicted molar refractivity (Wildman–Crippen MR) is 75.6 cm³/mol. The minimum Gasteiger partial charge on any atom is -0.497 e. The quantitative estimate of drug-likeness (QED) is 0.839. The Labute approximate surface area is 112 Å². The summed E-state index contributed by atoms with van der Waals surface area (Å²) in [6.45, 7) is 0. The van der Waals surface area contributed by atoms with Crippen molar-refractivity contribution in [3.05, 3.63) is 60.2 Å². The molecule has 0 unspecified atom stereocenters. The molecule has 2 aromatic carbocycles. The van der Waals surface area contributed by atoms with E-state index < -0.39 is 0 Å². The van der Waals surface area contributed by atoms with E-state index in [0.29, 0.717) is 0 Å². The Morgan fingerprint density at radius 2 is 1.79 bits per heavy atom. The molecular weight excluding hydrogens is 239 g/mol. The number of benzene rings is 2. The zero-order valence-electron chi connectivity index (χ0n) is 10.5. The van der Waals surface area contributed by atoms with Crippen LogP contribution in [0.5, 0.6) is 5.75 Å². The molecule has 0 fully saturated rings. The van der Waals surface area contributed by atoms with Gasteiger partial charge in [-0.3, -0.25) is 15.1 Å². The molecular formula is C14H13BN2O2. The Morgan fingerprint density at radius 3 is 2.47 bits per heavy atom. The fourth-order valence-electron chi connectivity index (χ4n) is 1.92. The van der Waals surface area contributed by atoms with E-state index in [1.165, 1.54) is 0 Å². The lowest BCUT2D eigenvalue weighted by Gasteiger charge is -2.03. The molecule has 0 aromatic heterocycles. The molecule has 4 nitrogen and oxygen atoms in total. The summed E-state index contributed by atoms with van der Waals surface area (Å²) in [5, 5.41) is 0. The molecule has 0 aliphatic carbocycles. The van der Waals surface area contributed by atoms with Crippen molar-refractivity contribution in [2.45, 2.75) is 0 Å². The first-order valence-electron chi connectivity index (χ1n) is 6.05. The molecule has 3 rings (SSSR count). The van der Waals surface area contributed by atoms with Gasteiger partial charge in [-0.1, -0.05) is 42.5 Å². The van der Waals surface area contributed by atoms with Crippen molar-refractivity contribution >= 4 is 18.3 Å². The van der Waals surface area contributed by atoms with E-state index in [0.717, 1.165) is 22.6 Å². The third-order valence-electron chi connectivity index (χ3n) is 2.96. The highest BCUT2D eigenvalue weighted by Crippen LogP contribution is 2.09. The maximum Gasteiger partial charge on any atom is 0.496 e. The molecule has 0 amide bonds. The highest BCUT2D eigenvalue weighted by Gasteiger charge is 2.26. The van der Waals surface area contributed by atoms with Crippen LogP contribution in [0.1, 0.15) is 5.56 Å². The third kappa shape index (κ3) is 2.46. The third-order valence-corrected chi connectivity index (χ3v) is 2.96. The highest BCUT2D eigenvalue weighted by atomic mass is 16.6. The summed E-state index contributed by atoms with van der Waals surface area (Å²) in [6.07, 6.45) is 0. The number of nitrogens with one attached hydrogen (secondary N) is 1. The number of rotatable bonds is 3. The number of hydrogen-bond acceptors (Lipinski definition) is 4. The van der Waals surface area contributed by atoms with E-state index >= 15 is 0 Å². The second-order valence-electron chi connectivity index (χ2n) is 4.19. The average molecular weight is 252 g/mol. The molecule has 5 heteroatoms. The lowest BCUT2D eigenvalue weighted by Crippen LogP contribution is -2.31. The Morgan fingerprint density at radius 1 is 1.05 bits per heavy atom. The summed E-state index contributed by atoms with van der Waals surface area (Å²) in [4.78, 5) is 4.53. The van der Waals surface area contributed by atoms with Crippen molar-refractivity contribution in [2.75, 3.05) is 7.11 Å². The lowest BCUT2D eigenvalue weighted by atomic mass is 9.75. The first-order valence-corrected chi connectivity index (χ1v) is 6.05. The van der Waals surface area contributed by atoms with Gasteiger partial charge < -0.3 is 4.74 Å². The van der Waals surface area contributed by atoms with Crippen LogP contribution in [0.15, 0.2) is 59.5 Å². The zero-order chi connectivity index (χ0) is 13.1. The van der Waals surface area contributed by atoms with Crippen LogP contribution in [0.2, 0.25) is 0 Å². The Hall–Kier alpha value is -2.27. The summed E-state index contributed by atoms with van der Waals surface area (Å²) in [6, 6.07) is 17.6. The molecule has 0 atom stereocenters. The number of ether oxygens (including phenoxy) is 1. The smallest absolute Gasteiger partial charge is 0.496 e. The van der Waals surface area contributed by atoms with E-state index in [4.69, 9.17) is 9.49 Å². The van der Waals surface area contributed by atoms with Gasteiger partial charge in [0.1, 0.15) is 11.6 Å². The topological polar surface area (TPSA) is 42.8 Å². The van der Waals surface area contributed by atoms with Gasteiger partial charge in [0.25, 0.3) is 0 Å². The van der Waals surface area contributed by atoms with Gasteiger partial charge in [0.05, 0.1) is 7.11 Å². The molecule has 0 spiro atoms. The van der Waals surface area contributed by atoms with Crippen LogP contribution in [-0.4, -0.2) is 20.0 Å². The summed E-state index contributed by atoms with van der Waals surface area (Å²) >= 11 is 0. The number of hydroxylamine groups is 1. The monoisotopic (exact) mass is 252 g/mol. The lowest BCUT2D eigenvalue weighted by molar-refractivity contribution is 0.284. The Balaban J connectivity index is 1.82. The van der Waals surface area contributed by atoms with E-state index in [9.17, 15) is 0 Å². The molecule has 1 N–H and O–H groups in total. The molecule has 19 heavy (non-hydrogen) atoms. The van der Waals surface area contributed by atoms with E-state index in [1.807, 2.05) is 54.6 Å². The molecule has 0 radical (unpaired) electrons. The second kappa shape index (κ2) is 5.16. The van der Waals surface area contributed by atoms with Crippen molar-refractivity contribution in [2.24, 2.45) is 4.90 Å². The summed E-state index contributed by atoms with van der Waals surface area (Å²) in [5.74, 6) is 1.57. The van der Waals surface area contributed by atoms with Gasteiger partial charge in [-0.25, -0.2) is 0 Å². The minimum absolute atomic E-state index is 0.318. The van der Waals surface area contributed by atoms with Crippen molar-refractivity contribution in [3.63, 3.8) is 0 Å². The zero-order valence-corrected chi connectivity index (χ0v) is 10.5. The van der Waals surface area contributed by atoms with Crippen molar-refractivity contribution < 1.29 is 9.49 Å². The van der Waals surface area contributed by atoms with Crippen LogP contribution < -0.4 is 15.7 Å². The van der Waals surface area contributed by atoms with E-state index in [2.05, 4.69) is 10.4 Å². The van der Waals surface area contributed by atoms with Gasteiger partial charge in [-0.15, -0.1) is 0 Å². The summed E-state index contributed by atoms with van der Waals surface area (Å²) in [5.41, 5.74) is 4.87. The van der Waals surface area contributed by atoms with Gasteiger partial charge in [-0.05, 0) is 17.6 Å². The number of amidine groups is 1. The number of nitrogens with zero attached hydrogens (tertiary/aromatic N) is 1. The normalized spacial score (nSPS) is 13.9. The predicted octanol–water partition coefficient (Wildman–Crippen LogP) is 1.37. The molecule has 0 saturated heterocycles. The van der Waals surface area contributed by atoms with E-state index in [1.54, 1.807) is 7.11 Å². The van der Waals surface area contributed by atoms with Gasteiger partial charge in [0.15, 0.2) is 0 Å². The van der Waals surface area contributed by atoms with Gasteiger partial charge in [-0.2, -0.15) is 0 Å². The molecule has 0 saturated carbocycles. The SMILES string of the molecule is COc1ccc(B2N=C(c3ccccc3)NO2)cc1. The number of methoxy groups -OCH3 is 1. The van der Waals surface area contributed by atoms with Crippen molar-refractivity contribution in [1.82, 2.24) is 5.48 Å². The van der Waals surface area contributed by atoms with Crippen LogP contribution in [0.25, 0.3) is 0 Å². The number of hydrogen-bond donors (Lipinski definition) is 1. The van der Waals surface area contributed by atoms with Gasteiger partial charge in [0, 0.05) is 5.56 Å². The maximum atomic E-state index is 5.49. The minimum atomic E-state index is -0.318. The Bertz CT molecular complexity index is 584. The van der Waals surface area contributed by atoms with Crippen LogP contribution in [-0.2, 0) is 4.76 Å². The van der Waals surface area contributed by atoms with E-state index in [-0.39, 0.29) is 7.05 Å². The molecule has 0 bridgehead atoms. The molecule has 1 heterocycles. The van der Waals surface area contributed by atoms with Crippen LogP contribution >= 0.6 is 0 Å². The van der Waals surface area contributed by atoms with Gasteiger partial charge >= 0.3 is 7.05 Å². The molecule has 1 aliphatic rings. The Kier molecular flexibility index (Phi) is 3.20. The molecule has 94 valence electrons. The largest absolute Gasteiger partial charge is 0.497 e. The first-order chi connectivity index (χ1) is 9.36.